The molecule has 3 N–H and O–H groups in total. The molecule has 0 unspecified atom stereocenters. The van der Waals surface area contributed by atoms with Crippen LogP contribution in [-0.4, -0.2) is 29.1 Å². The lowest BCUT2D eigenvalue weighted by Gasteiger charge is -2.28. The van der Waals surface area contributed by atoms with E-state index in [9.17, 15) is 0 Å². The summed E-state index contributed by atoms with van der Waals surface area (Å²) in [5.41, 5.74) is 7.06. The average Bonchev–Trinajstić information content (AvgIpc) is 2.36. The quantitative estimate of drug-likeness (QED) is 0.358. The smallest absolute Gasteiger partial charge is 0.188 e. The molecule has 1 aromatic heterocycles. The zero-order chi connectivity index (χ0) is 14.4. The lowest BCUT2D eigenvalue weighted by molar-refractivity contribution is 0.318. The van der Waals surface area contributed by atoms with E-state index in [1.807, 2.05) is 6.07 Å². The number of anilines is 1. The molecule has 1 rings (SSSR count). The van der Waals surface area contributed by atoms with Gasteiger partial charge >= 0.3 is 0 Å². The highest BCUT2D eigenvalue weighted by atomic mass is 16.4. The van der Waals surface area contributed by atoms with Crippen LogP contribution in [0.2, 0.25) is 0 Å². The molecule has 0 aliphatic heterocycles. The van der Waals surface area contributed by atoms with E-state index >= 15 is 0 Å². The average molecular weight is 264 g/mol. The topological polar surface area (TPSA) is 74.7 Å². The minimum Gasteiger partial charge on any atom is -0.409 e. The molecular weight excluding hydrogens is 240 g/mol. The van der Waals surface area contributed by atoms with Crippen molar-refractivity contribution in [3.8, 4) is 0 Å². The summed E-state index contributed by atoms with van der Waals surface area (Å²) in [4.78, 5) is 6.55. The van der Waals surface area contributed by atoms with Crippen LogP contribution in [0.4, 0.5) is 5.69 Å². The molecule has 1 aromatic rings. The molecule has 0 aliphatic carbocycles. The van der Waals surface area contributed by atoms with Gasteiger partial charge in [-0.15, -0.1) is 0 Å². The van der Waals surface area contributed by atoms with Gasteiger partial charge in [0.25, 0.3) is 0 Å². The molecule has 19 heavy (non-hydrogen) atoms. The molecule has 0 saturated carbocycles. The third-order valence-electron chi connectivity index (χ3n) is 2.65. The number of pyridine rings is 1. The van der Waals surface area contributed by atoms with Crippen LogP contribution in [0, 0.1) is 11.8 Å². The van der Waals surface area contributed by atoms with Gasteiger partial charge in [-0.25, -0.2) is 0 Å². The van der Waals surface area contributed by atoms with Crippen molar-refractivity contribution in [3.63, 3.8) is 0 Å². The first-order chi connectivity index (χ1) is 8.93. The van der Waals surface area contributed by atoms with Gasteiger partial charge in [0.1, 0.15) is 5.69 Å². The molecule has 1 heterocycles. The second kappa shape index (κ2) is 6.97. The van der Waals surface area contributed by atoms with E-state index < -0.39 is 0 Å². The lowest BCUT2D eigenvalue weighted by Crippen LogP contribution is -2.31. The maximum absolute atomic E-state index is 8.62. The summed E-state index contributed by atoms with van der Waals surface area (Å²) in [7, 11) is 0. The summed E-state index contributed by atoms with van der Waals surface area (Å²) >= 11 is 0. The number of aromatic nitrogens is 1. The first-order valence-electron chi connectivity index (χ1n) is 6.63. The highest BCUT2D eigenvalue weighted by Gasteiger charge is 2.11. The number of rotatable bonds is 6. The fourth-order valence-electron chi connectivity index (χ4n) is 1.94. The van der Waals surface area contributed by atoms with Gasteiger partial charge in [0.15, 0.2) is 5.84 Å². The van der Waals surface area contributed by atoms with Crippen molar-refractivity contribution in [3.05, 3.63) is 24.0 Å². The summed E-state index contributed by atoms with van der Waals surface area (Å²) in [5.74, 6) is 1.20. The van der Waals surface area contributed by atoms with Gasteiger partial charge in [-0.2, -0.15) is 0 Å². The van der Waals surface area contributed by atoms with E-state index in [0.717, 1.165) is 18.8 Å². The zero-order valence-electron chi connectivity index (χ0n) is 12.2. The second-order valence-electron chi connectivity index (χ2n) is 5.58. The normalized spacial score (nSPS) is 12.2. The largest absolute Gasteiger partial charge is 0.409 e. The third kappa shape index (κ3) is 4.77. The van der Waals surface area contributed by atoms with E-state index in [4.69, 9.17) is 10.9 Å². The lowest BCUT2D eigenvalue weighted by atomic mass is 10.1. The third-order valence-corrected chi connectivity index (χ3v) is 2.65. The highest BCUT2D eigenvalue weighted by Crippen LogP contribution is 2.16. The first-order valence-corrected chi connectivity index (χ1v) is 6.63. The van der Waals surface area contributed by atoms with Crippen LogP contribution >= 0.6 is 0 Å². The van der Waals surface area contributed by atoms with Crippen LogP contribution in [0.15, 0.2) is 23.5 Å². The van der Waals surface area contributed by atoms with Crippen LogP contribution < -0.4 is 10.6 Å². The Kier molecular flexibility index (Phi) is 5.60. The fourth-order valence-corrected chi connectivity index (χ4v) is 1.94. The number of nitrogens with zero attached hydrogens (tertiary/aromatic N) is 3. The van der Waals surface area contributed by atoms with Gasteiger partial charge in [0.05, 0.1) is 11.9 Å². The second-order valence-corrected chi connectivity index (χ2v) is 5.58. The van der Waals surface area contributed by atoms with Crippen LogP contribution in [0.3, 0.4) is 0 Å². The molecule has 0 saturated heterocycles. The Hall–Kier alpha value is -1.78. The van der Waals surface area contributed by atoms with Crippen LogP contribution in [0.1, 0.15) is 33.4 Å². The first kappa shape index (κ1) is 15.3. The number of oxime groups is 1. The Morgan fingerprint density at radius 1 is 1.26 bits per heavy atom. The monoisotopic (exact) mass is 264 g/mol. The zero-order valence-corrected chi connectivity index (χ0v) is 12.2. The maximum Gasteiger partial charge on any atom is 0.188 e. The van der Waals surface area contributed by atoms with Crippen molar-refractivity contribution in [2.45, 2.75) is 27.7 Å². The van der Waals surface area contributed by atoms with Gasteiger partial charge < -0.3 is 15.8 Å². The summed E-state index contributed by atoms with van der Waals surface area (Å²) in [6.07, 6.45) is 1.78. The molecule has 0 aliphatic rings. The molecule has 0 fully saturated rings. The number of hydrogen-bond acceptors (Lipinski definition) is 4. The van der Waals surface area contributed by atoms with E-state index in [1.54, 1.807) is 12.3 Å². The van der Waals surface area contributed by atoms with Crippen LogP contribution in [-0.2, 0) is 0 Å². The predicted octanol–water partition coefficient (Wildman–Crippen LogP) is 2.29. The van der Waals surface area contributed by atoms with Gasteiger partial charge in [-0.1, -0.05) is 32.9 Å². The van der Waals surface area contributed by atoms with Gasteiger partial charge in [0.2, 0.25) is 0 Å². The number of hydrogen-bond donors (Lipinski definition) is 2. The molecule has 0 spiro atoms. The highest BCUT2D eigenvalue weighted by molar-refractivity contribution is 5.95. The van der Waals surface area contributed by atoms with E-state index in [1.165, 1.54) is 0 Å². The SMILES string of the molecule is CC(C)CN(CC(C)C)c1ccc(/C(N)=N/O)nc1. The minimum absolute atomic E-state index is 0.0332. The van der Waals surface area contributed by atoms with E-state index in [2.05, 4.69) is 42.7 Å². The number of amidine groups is 1. The predicted molar refractivity (Wildman–Crippen MR) is 78.6 cm³/mol. The molecule has 106 valence electrons. The standard InChI is InChI=1S/C14H24N4O/c1-10(2)8-18(9-11(3)4)12-5-6-13(16-7-12)14(15)17-19/h5-7,10-11,19H,8-9H2,1-4H3,(H2,15,17). The minimum atomic E-state index is 0.0332. The molecule has 0 radical (unpaired) electrons. The van der Waals surface area contributed by atoms with Crippen molar-refractivity contribution in [2.24, 2.45) is 22.7 Å². The summed E-state index contributed by atoms with van der Waals surface area (Å²) in [5, 5.41) is 11.6. The summed E-state index contributed by atoms with van der Waals surface area (Å²) < 4.78 is 0. The van der Waals surface area contributed by atoms with E-state index in [-0.39, 0.29) is 5.84 Å². The maximum atomic E-state index is 8.62. The molecule has 5 heteroatoms. The number of nitrogens with two attached hydrogens (primary N) is 1. The van der Waals surface area contributed by atoms with Crippen molar-refractivity contribution >= 4 is 11.5 Å². The van der Waals surface area contributed by atoms with Crippen LogP contribution in [0.25, 0.3) is 0 Å². The molecule has 0 amide bonds. The summed E-state index contributed by atoms with van der Waals surface area (Å²) in [6.45, 7) is 10.8. The summed E-state index contributed by atoms with van der Waals surface area (Å²) in [6, 6.07) is 3.74. The Balaban J connectivity index is 2.90. The molecular formula is C14H24N4O. The molecule has 0 bridgehead atoms. The van der Waals surface area contributed by atoms with Crippen molar-refractivity contribution in [2.75, 3.05) is 18.0 Å². The fraction of sp³-hybridized carbons (Fsp3) is 0.571. The Bertz CT molecular complexity index is 402. The Morgan fingerprint density at radius 3 is 2.21 bits per heavy atom. The van der Waals surface area contributed by atoms with Gasteiger partial charge in [-0.3, -0.25) is 4.98 Å². The van der Waals surface area contributed by atoms with Gasteiger partial charge in [-0.05, 0) is 24.0 Å². The molecule has 0 aromatic carbocycles. The van der Waals surface area contributed by atoms with Crippen molar-refractivity contribution < 1.29 is 5.21 Å². The van der Waals surface area contributed by atoms with Crippen LogP contribution in [0.5, 0.6) is 0 Å². The van der Waals surface area contributed by atoms with Crippen molar-refractivity contribution in [1.82, 2.24) is 4.98 Å². The van der Waals surface area contributed by atoms with Crippen molar-refractivity contribution in [1.29, 1.82) is 0 Å². The Morgan fingerprint density at radius 2 is 1.84 bits per heavy atom. The van der Waals surface area contributed by atoms with Gasteiger partial charge in [0, 0.05) is 13.1 Å². The molecule has 5 nitrogen and oxygen atoms in total. The molecule has 0 atom stereocenters. The Labute approximate surface area is 115 Å². The van der Waals surface area contributed by atoms with E-state index in [0.29, 0.717) is 17.5 Å².